The van der Waals surface area contributed by atoms with Gasteiger partial charge in [-0.15, -0.1) is 11.3 Å². The third kappa shape index (κ3) is 2.50. The van der Waals surface area contributed by atoms with E-state index in [4.69, 9.17) is 4.74 Å². The molecule has 5 heteroatoms. The number of aromatic nitrogens is 2. The second-order valence-electron chi connectivity index (χ2n) is 3.40. The first-order valence-electron chi connectivity index (χ1n) is 5.27. The Hall–Kier alpha value is -1.75. The van der Waals surface area contributed by atoms with Crippen molar-refractivity contribution >= 4 is 17.3 Å². The lowest BCUT2D eigenvalue weighted by Crippen LogP contribution is -2.03. The van der Waals surface area contributed by atoms with Crippen LogP contribution in [0.2, 0.25) is 0 Å². The minimum Gasteiger partial charge on any atom is -0.461 e. The van der Waals surface area contributed by atoms with Crippen LogP contribution in [0.15, 0.2) is 24.5 Å². The normalized spacial score (nSPS) is 10.2. The van der Waals surface area contributed by atoms with Gasteiger partial charge in [0.05, 0.1) is 17.2 Å². The Labute approximate surface area is 103 Å². The van der Waals surface area contributed by atoms with Gasteiger partial charge < -0.3 is 4.74 Å². The molecule has 0 saturated carbocycles. The average Bonchev–Trinajstić information content (AvgIpc) is 2.73. The fourth-order valence-electron chi connectivity index (χ4n) is 1.44. The highest BCUT2D eigenvalue weighted by Crippen LogP contribution is 2.29. The Kier molecular flexibility index (Phi) is 3.49. The molecule has 0 unspecified atom stereocenters. The summed E-state index contributed by atoms with van der Waals surface area (Å²) in [6.45, 7) is 4.02. The Bertz CT molecular complexity index is 523. The molecule has 0 bridgehead atoms. The van der Waals surface area contributed by atoms with Crippen molar-refractivity contribution in [2.75, 3.05) is 6.61 Å². The maximum Gasteiger partial charge on any atom is 0.367 e. The minimum absolute atomic E-state index is 0.361. The molecule has 0 aromatic carbocycles. The van der Waals surface area contributed by atoms with Crippen LogP contribution < -0.4 is 0 Å². The summed E-state index contributed by atoms with van der Waals surface area (Å²) in [4.78, 5) is 20.8. The lowest BCUT2D eigenvalue weighted by atomic mass is 10.2. The summed E-state index contributed by atoms with van der Waals surface area (Å²) in [5, 5.41) is 0.392. The number of thiazole rings is 1. The van der Waals surface area contributed by atoms with Crippen LogP contribution in [0.5, 0.6) is 0 Å². The molecule has 2 rings (SSSR count). The van der Waals surface area contributed by atoms with Crippen molar-refractivity contribution in [3.63, 3.8) is 0 Å². The van der Waals surface area contributed by atoms with E-state index in [1.54, 1.807) is 19.3 Å². The van der Waals surface area contributed by atoms with Crippen LogP contribution in [0.1, 0.15) is 22.4 Å². The third-order valence-corrected chi connectivity index (χ3v) is 3.36. The monoisotopic (exact) mass is 248 g/mol. The summed E-state index contributed by atoms with van der Waals surface area (Å²) >= 11 is 1.33. The van der Waals surface area contributed by atoms with Crippen molar-refractivity contribution < 1.29 is 9.53 Å². The van der Waals surface area contributed by atoms with E-state index in [0.29, 0.717) is 11.6 Å². The number of hydrogen-bond acceptors (Lipinski definition) is 5. The quantitative estimate of drug-likeness (QED) is 0.784. The second kappa shape index (κ2) is 5.05. The van der Waals surface area contributed by atoms with Gasteiger partial charge in [-0.1, -0.05) is 6.07 Å². The highest BCUT2D eigenvalue weighted by Gasteiger charge is 2.16. The summed E-state index contributed by atoms with van der Waals surface area (Å²) in [6.07, 6.45) is 3.47. The van der Waals surface area contributed by atoms with Crippen LogP contribution in [0.25, 0.3) is 10.4 Å². The van der Waals surface area contributed by atoms with Crippen LogP contribution in [-0.4, -0.2) is 22.5 Å². The van der Waals surface area contributed by atoms with Crippen LogP contribution >= 0.6 is 11.3 Å². The van der Waals surface area contributed by atoms with Crippen LogP contribution in [0.4, 0.5) is 0 Å². The molecule has 0 fully saturated rings. The summed E-state index contributed by atoms with van der Waals surface area (Å²) in [7, 11) is 0. The zero-order chi connectivity index (χ0) is 12.3. The molecule has 0 aliphatic rings. The minimum atomic E-state index is -0.365. The first-order chi connectivity index (χ1) is 8.22. The van der Waals surface area contributed by atoms with Crippen molar-refractivity contribution in [2.45, 2.75) is 13.8 Å². The molecule has 0 N–H and O–H groups in total. The summed E-state index contributed by atoms with van der Waals surface area (Å²) in [5.74, 6) is -0.365. The van der Waals surface area contributed by atoms with Crippen molar-refractivity contribution in [3.05, 3.63) is 35.2 Å². The molecule has 0 radical (unpaired) electrons. The van der Waals surface area contributed by atoms with Crippen molar-refractivity contribution in [2.24, 2.45) is 0 Å². The van der Waals surface area contributed by atoms with E-state index in [9.17, 15) is 4.79 Å². The number of esters is 1. The first-order valence-corrected chi connectivity index (χ1v) is 6.09. The molecule has 0 saturated heterocycles. The number of carbonyl (C=O) groups excluding carboxylic acids is 1. The van der Waals surface area contributed by atoms with Gasteiger partial charge in [0.2, 0.25) is 5.01 Å². The molecular weight excluding hydrogens is 236 g/mol. The van der Waals surface area contributed by atoms with E-state index in [2.05, 4.69) is 9.97 Å². The number of pyridine rings is 1. The smallest absolute Gasteiger partial charge is 0.367 e. The molecule has 2 aromatic heterocycles. The standard InChI is InChI=1S/C12H12N2O2S/c1-3-16-12(15)11-14-8(2)10(17-11)9-5-4-6-13-7-9/h4-7H,3H2,1-2H3. The number of carbonyl (C=O) groups is 1. The van der Waals surface area contributed by atoms with Gasteiger partial charge >= 0.3 is 5.97 Å². The zero-order valence-corrected chi connectivity index (χ0v) is 10.5. The molecule has 2 heterocycles. The zero-order valence-electron chi connectivity index (χ0n) is 9.64. The van der Waals surface area contributed by atoms with E-state index in [1.807, 2.05) is 19.1 Å². The van der Waals surface area contributed by atoms with Crippen LogP contribution in [0.3, 0.4) is 0 Å². The number of aryl methyl sites for hydroxylation is 1. The lowest BCUT2D eigenvalue weighted by molar-refractivity contribution is 0.0526. The topological polar surface area (TPSA) is 52.1 Å². The Morgan fingerprint density at radius 1 is 1.53 bits per heavy atom. The van der Waals surface area contributed by atoms with Crippen molar-refractivity contribution in [1.29, 1.82) is 0 Å². The third-order valence-electron chi connectivity index (χ3n) is 2.17. The molecule has 0 aliphatic carbocycles. The van der Waals surface area contributed by atoms with Crippen LogP contribution in [-0.2, 0) is 4.74 Å². The Morgan fingerprint density at radius 2 is 2.35 bits per heavy atom. The lowest BCUT2D eigenvalue weighted by Gasteiger charge is -1.96. The molecule has 4 nitrogen and oxygen atoms in total. The molecule has 0 spiro atoms. The van der Waals surface area contributed by atoms with Gasteiger partial charge in [0.1, 0.15) is 0 Å². The highest BCUT2D eigenvalue weighted by molar-refractivity contribution is 7.17. The van der Waals surface area contributed by atoms with Gasteiger partial charge in [0.25, 0.3) is 0 Å². The number of nitrogens with zero attached hydrogens (tertiary/aromatic N) is 2. The molecule has 0 amide bonds. The van der Waals surface area contributed by atoms with Gasteiger partial charge in [-0.3, -0.25) is 4.98 Å². The van der Waals surface area contributed by atoms with Crippen LogP contribution in [0, 0.1) is 6.92 Å². The molecular formula is C12H12N2O2S. The van der Waals surface area contributed by atoms with E-state index >= 15 is 0 Å². The molecule has 2 aromatic rings. The summed E-state index contributed by atoms with van der Waals surface area (Å²) in [5.41, 5.74) is 1.80. The molecule has 0 atom stereocenters. The van der Waals surface area contributed by atoms with E-state index in [-0.39, 0.29) is 5.97 Å². The summed E-state index contributed by atoms with van der Waals surface area (Å²) in [6, 6.07) is 3.81. The highest BCUT2D eigenvalue weighted by atomic mass is 32.1. The maximum absolute atomic E-state index is 11.6. The Morgan fingerprint density at radius 3 is 3.00 bits per heavy atom. The fraction of sp³-hybridized carbons (Fsp3) is 0.250. The van der Waals surface area contributed by atoms with Gasteiger partial charge in [0, 0.05) is 18.0 Å². The fourth-order valence-corrected chi connectivity index (χ4v) is 2.39. The largest absolute Gasteiger partial charge is 0.461 e. The van der Waals surface area contributed by atoms with E-state index in [0.717, 1.165) is 16.1 Å². The predicted molar refractivity (Wildman–Crippen MR) is 66.0 cm³/mol. The summed E-state index contributed by atoms with van der Waals surface area (Å²) < 4.78 is 4.93. The first kappa shape index (κ1) is 11.7. The van der Waals surface area contributed by atoms with Gasteiger partial charge in [-0.05, 0) is 19.9 Å². The second-order valence-corrected chi connectivity index (χ2v) is 4.39. The SMILES string of the molecule is CCOC(=O)c1nc(C)c(-c2cccnc2)s1. The predicted octanol–water partition coefficient (Wildman–Crippen LogP) is 2.69. The van der Waals surface area contributed by atoms with E-state index in [1.165, 1.54) is 11.3 Å². The number of rotatable bonds is 3. The van der Waals surface area contributed by atoms with E-state index < -0.39 is 0 Å². The van der Waals surface area contributed by atoms with Gasteiger partial charge in [-0.25, -0.2) is 9.78 Å². The molecule has 0 aliphatic heterocycles. The van der Waals surface area contributed by atoms with Gasteiger partial charge in [0.15, 0.2) is 0 Å². The molecule has 17 heavy (non-hydrogen) atoms. The maximum atomic E-state index is 11.6. The number of ether oxygens (including phenoxy) is 1. The van der Waals surface area contributed by atoms with Gasteiger partial charge in [-0.2, -0.15) is 0 Å². The Balaban J connectivity index is 2.35. The molecule has 88 valence electrons. The number of hydrogen-bond donors (Lipinski definition) is 0. The van der Waals surface area contributed by atoms with Crippen molar-refractivity contribution in [3.8, 4) is 10.4 Å². The average molecular weight is 248 g/mol. The van der Waals surface area contributed by atoms with Crippen molar-refractivity contribution in [1.82, 2.24) is 9.97 Å².